The van der Waals surface area contributed by atoms with Gasteiger partial charge in [0.2, 0.25) is 0 Å². The van der Waals surface area contributed by atoms with Crippen LogP contribution in [-0.4, -0.2) is 50.2 Å². The van der Waals surface area contributed by atoms with Crippen molar-refractivity contribution >= 4 is 0 Å². The van der Waals surface area contributed by atoms with Gasteiger partial charge in [0.25, 0.3) is 0 Å². The Kier molecular flexibility index (Phi) is 5.31. The molecule has 1 aromatic rings. The lowest BCUT2D eigenvalue weighted by atomic mass is 10.1. The largest absolute Gasteiger partial charge is 0.467 e. The highest BCUT2D eigenvalue weighted by Gasteiger charge is 2.18. The fourth-order valence-electron chi connectivity index (χ4n) is 2.33. The topological polar surface area (TPSA) is 51.2 Å². The van der Waals surface area contributed by atoms with E-state index in [1.165, 1.54) is 12.1 Å². The molecule has 0 saturated carbocycles. The van der Waals surface area contributed by atoms with Gasteiger partial charge < -0.3 is 19.3 Å². The zero-order chi connectivity index (χ0) is 14.5. The first-order chi connectivity index (χ1) is 9.60. The van der Waals surface area contributed by atoms with Gasteiger partial charge in [0, 0.05) is 31.3 Å². The number of aliphatic hydroxyl groups excluding tert-OH is 1. The van der Waals surface area contributed by atoms with Crippen LogP contribution in [0.5, 0.6) is 5.75 Å². The van der Waals surface area contributed by atoms with E-state index in [0.29, 0.717) is 25.4 Å². The first kappa shape index (κ1) is 15.2. The number of fused-ring (bicyclic) bond motifs is 1. The highest BCUT2D eigenvalue weighted by atomic mass is 19.1. The van der Waals surface area contributed by atoms with E-state index in [1.807, 2.05) is 11.9 Å². The first-order valence-corrected chi connectivity index (χ1v) is 6.47. The molecule has 6 heteroatoms. The van der Waals surface area contributed by atoms with Crippen LogP contribution in [0.2, 0.25) is 0 Å². The molecule has 0 fully saturated rings. The molecule has 5 nitrogen and oxygen atoms in total. The van der Waals surface area contributed by atoms with Gasteiger partial charge in [0.1, 0.15) is 11.6 Å². The zero-order valence-electron chi connectivity index (χ0n) is 11.8. The van der Waals surface area contributed by atoms with Crippen LogP contribution in [0.15, 0.2) is 12.1 Å². The van der Waals surface area contributed by atoms with E-state index >= 15 is 0 Å². The molecule has 0 saturated heterocycles. The third-order valence-corrected chi connectivity index (χ3v) is 3.07. The number of rotatable bonds is 6. The number of hydrogen-bond donors (Lipinski definition) is 1. The van der Waals surface area contributed by atoms with Crippen molar-refractivity contribution in [3.63, 3.8) is 0 Å². The van der Waals surface area contributed by atoms with Crippen molar-refractivity contribution in [2.75, 3.05) is 34.1 Å². The molecule has 1 heterocycles. The normalized spacial score (nSPS) is 15.8. The summed E-state index contributed by atoms with van der Waals surface area (Å²) in [6, 6.07) is 2.89. The number of benzene rings is 1. The molecular weight excluding hydrogens is 265 g/mol. The second kappa shape index (κ2) is 6.99. The second-order valence-electron chi connectivity index (χ2n) is 4.97. The van der Waals surface area contributed by atoms with Crippen LogP contribution < -0.4 is 4.74 Å². The summed E-state index contributed by atoms with van der Waals surface area (Å²) in [5.41, 5.74) is 1.48. The van der Waals surface area contributed by atoms with E-state index in [4.69, 9.17) is 14.2 Å². The van der Waals surface area contributed by atoms with Crippen molar-refractivity contribution in [1.82, 2.24) is 4.90 Å². The number of hydrogen-bond acceptors (Lipinski definition) is 5. The van der Waals surface area contributed by atoms with Crippen molar-refractivity contribution in [2.24, 2.45) is 0 Å². The lowest BCUT2D eigenvalue weighted by molar-refractivity contribution is -0.0179. The Morgan fingerprint density at radius 1 is 1.50 bits per heavy atom. The molecule has 0 bridgehead atoms. The highest BCUT2D eigenvalue weighted by molar-refractivity contribution is 5.42. The van der Waals surface area contributed by atoms with Crippen LogP contribution in [0.1, 0.15) is 11.1 Å². The van der Waals surface area contributed by atoms with Gasteiger partial charge in [-0.2, -0.15) is 0 Å². The smallest absolute Gasteiger partial charge is 0.189 e. The fourth-order valence-corrected chi connectivity index (χ4v) is 2.33. The van der Waals surface area contributed by atoms with Crippen LogP contribution in [0, 0.1) is 5.82 Å². The maximum atomic E-state index is 13.6. The molecular formula is C14H20FNO4. The predicted octanol–water partition coefficient (Wildman–Crippen LogP) is 1.13. The van der Waals surface area contributed by atoms with Crippen molar-refractivity contribution in [3.05, 3.63) is 29.1 Å². The van der Waals surface area contributed by atoms with Gasteiger partial charge in [0.15, 0.2) is 6.79 Å². The molecule has 1 N–H and O–H groups in total. The Morgan fingerprint density at radius 2 is 2.30 bits per heavy atom. The fraction of sp³-hybridized carbons (Fsp3) is 0.571. The van der Waals surface area contributed by atoms with Crippen LogP contribution in [0.3, 0.4) is 0 Å². The summed E-state index contributed by atoms with van der Waals surface area (Å²) >= 11 is 0. The summed E-state index contributed by atoms with van der Waals surface area (Å²) in [6.45, 7) is 1.74. The van der Waals surface area contributed by atoms with E-state index < -0.39 is 6.10 Å². The molecule has 0 amide bonds. The van der Waals surface area contributed by atoms with E-state index in [0.717, 1.165) is 11.1 Å². The Balaban J connectivity index is 2.06. The van der Waals surface area contributed by atoms with E-state index in [2.05, 4.69) is 0 Å². The number of ether oxygens (including phenoxy) is 3. The first-order valence-electron chi connectivity index (χ1n) is 6.47. The van der Waals surface area contributed by atoms with Crippen molar-refractivity contribution in [1.29, 1.82) is 0 Å². The van der Waals surface area contributed by atoms with Crippen molar-refractivity contribution < 1.29 is 23.7 Å². The number of methoxy groups -OCH3 is 1. The number of likely N-dealkylation sites (N-methyl/N-ethyl adjacent to an activating group) is 1. The van der Waals surface area contributed by atoms with Gasteiger partial charge in [-0.1, -0.05) is 0 Å². The molecule has 1 aliphatic heterocycles. The third-order valence-electron chi connectivity index (χ3n) is 3.07. The van der Waals surface area contributed by atoms with E-state index in [1.54, 1.807) is 7.11 Å². The minimum absolute atomic E-state index is 0.182. The van der Waals surface area contributed by atoms with Gasteiger partial charge >= 0.3 is 0 Å². The maximum Gasteiger partial charge on any atom is 0.189 e. The number of halogens is 1. The van der Waals surface area contributed by atoms with Gasteiger partial charge in [-0.25, -0.2) is 4.39 Å². The minimum atomic E-state index is -0.571. The average Bonchev–Trinajstić information content (AvgIpc) is 2.38. The molecule has 1 aromatic carbocycles. The molecule has 1 unspecified atom stereocenters. The lowest BCUT2D eigenvalue weighted by Gasteiger charge is -2.24. The Labute approximate surface area is 117 Å². The molecule has 2 rings (SSSR count). The van der Waals surface area contributed by atoms with Crippen LogP contribution in [-0.2, 0) is 22.6 Å². The van der Waals surface area contributed by atoms with Crippen LogP contribution >= 0.6 is 0 Å². The summed E-state index contributed by atoms with van der Waals surface area (Å²) in [7, 11) is 3.40. The standard InChI is InChI=1S/C14H20FNO4/c1-16(6-13(17)8-18-2)5-10-3-12(15)4-11-7-19-9-20-14(10)11/h3-4,13,17H,5-9H2,1-2H3. The van der Waals surface area contributed by atoms with Gasteiger partial charge in [-0.05, 0) is 19.2 Å². The summed E-state index contributed by atoms with van der Waals surface area (Å²) < 4.78 is 29.1. The highest BCUT2D eigenvalue weighted by Crippen LogP contribution is 2.30. The molecule has 0 spiro atoms. The molecule has 1 aliphatic rings. The van der Waals surface area contributed by atoms with Gasteiger partial charge in [0.05, 0.1) is 19.3 Å². The molecule has 0 aliphatic carbocycles. The van der Waals surface area contributed by atoms with Gasteiger partial charge in [-0.15, -0.1) is 0 Å². The van der Waals surface area contributed by atoms with E-state index in [-0.39, 0.29) is 19.2 Å². The summed E-state index contributed by atoms with van der Waals surface area (Å²) in [4.78, 5) is 1.90. The Hall–Kier alpha value is -1.21. The summed E-state index contributed by atoms with van der Waals surface area (Å²) in [5, 5.41) is 9.70. The summed E-state index contributed by atoms with van der Waals surface area (Å²) in [6.07, 6.45) is -0.571. The summed E-state index contributed by atoms with van der Waals surface area (Å²) in [5.74, 6) is 0.379. The predicted molar refractivity (Wildman–Crippen MR) is 70.9 cm³/mol. The monoisotopic (exact) mass is 285 g/mol. The number of nitrogens with zero attached hydrogens (tertiary/aromatic N) is 1. The second-order valence-corrected chi connectivity index (χ2v) is 4.97. The maximum absolute atomic E-state index is 13.6. The third kappa shape index (κ3) is 3.89. The Morgan fingerprint density at radius 3 is 3.05 bits per heavy atom. The van der Waals surface area contributed by atoms with E-state index in [9.17, 15) is 9.50 Å². The van der Waals surface area contributed by atoms with Gasteiger partial charge in [-0.3, -0.25) is 4.90 Å². The van der Waals surface area contributed by atoms with Crippen molar-refractivity contribution in [3.8, 4) is 5.75 Å². The molecule has 0 aromatic heterocycles. The van der Waals surface area contributed by atoms with Crippen molar-refractivity contribution in [2.45, 2.75) is 19.3 Å². The molecule has 0 radical (unpaired) electrons. The van der Waals surface area contributed by atoms with Crippen LogP contribution in [0.4, 0.5) is 4.39 Å². The zero-order valence-corrected chi connectivity index (χ0v) is 11.8. The average molecular weight is 285 g/mol. The molecule has 112 valence electrons. The minimum Gasteiger partial charge on any atom is -0.467 e. The quantitative estimate of drug-likeness (QED) is 0.849. The lowest BCUT2D eigenvalue weighted by Crippen LogP contribution is -2.32. The molecule has 20 heavy (non-hydrogen) atoms. The SMILES string of the molecule is COCC(O)CN(C)Cc1cc(F)cc2c1OCOC2. The molecule has 1 atom stereocenters. The van der Waals surface area contributed by atoms with Crippen LogP contribution in [0.25, 0.3) is 0 Å². The number of aliphatic hydroxyl groups is 1. The Bertz CT molecular complexity index is 455.